The Morgan fingerprint density at radius 3 is 2.16 bits per heavy atom. The lowest BCUT2D eigenvalue weighted by Gasteiger charge is -2.31. The van der Waals surface area contributed by atoms with Gasteiger partial charge in [-0.2, -0.15) is 0 Å². The average Bonchev–Trinajstić information content (AvgIpc) is 2.95. The second-order valence-electron chi connectivity index (χ2n) is 8.89. The molecule has 1 unspecified atom stereocenters. The van der Waals surface area contributed by atoms with Crippen molar-refractivity contribution in [3.63, 3.8) is 0 Å². The Bertz CT molecular complexity index is 1210. The zero-order valence-corrected chi connectivity index (χ0v) is 21.0. The number of ether oxygens (including phenoxy) is 2. The molecule has 4 rings (SSSR count). The van der Waals surface area contributed by atoms with Crippen LogP contribution >= 0.6 is 11.6 Å². The number of Topliss-reactive ketones (excluding diaryl/α,β-unsaturated/α-hetero) is 1. The molecule has 3 aromatic rings. The van der Waals surface area contributed by atoms with Gasteiger partial charge >= 0.3 is 12.1 Å². The summed E-state index contributed by atoms with van der Waals surface area (Å²) < 4.78 is 11.2. The second kappa shape index (κ2) is 12.5. The molecular formula is C29H28ClNO6. The van der Waals surface area contributed by atoms with Crippen molar-refractivity contribution in [2.75, 3.05) is 13.1 Å². The predicted octanol–water partition coefficient (Wildman–Crippen LogP) is 5.35. The number of aliphatic hydroxyl groups excluding tert-OH is 1. The summed E-state index contributed by atoms with van der Waals surface area (Å²) in [7, 11) is 0. The van der Waals surface area contributed by atoms with Gasteiger partial charge in [0.2, 0.25) is 5.78 Å². The minimum absolute atomic E-state index is 0.136. The number of carbonyl (C=O) groups is 3. The lowest BCUT2D eigenvalue weighted by atomic mass is 9.96. The lowest BCUT2D eigenvalue weighted by Crippen LogP contribution is -2.41. The van der Waals surface area contributed by atoms with Crippen molar-refractivity contribution in [2.24, 2.45) is 5.92 Å². The number of nitrogens with zero attached hydrogens (tertiary/aromatic N) is 1. The van der Waals surface area contributed by atoms with E-state index in [9.17, 15) is 19.5 Å². The smallest absolute Gasteiger partial charge is 0.410 e. The number of ketones is 1. The van der Waals surface area contributed by atoms with E-state index in [-0.39, 0.29) is 19.0 Å². The van der Waals surface area contributed by atoms with E-state index in [1.165, 1.54) is 0 Å². The molecule has 0 aromatic heterocycles. The first-order valence-corrected chi connectivity index (χ1v) is 12.5. The monoisotopic (exact) mass is 521 g/mol. The molecule has 3 aromatic carbocycles. The normalized spacial score (nSPS) is 14.6. The fourth-order valence-corrected chi connectivity index (χ4v) is 4.28. The van der Waals surface area contributed by atoms with Crippen LogP contribution in [0.3, 0.4) is 0 Å². The number of piperidine rings is 1. The summed E-state index contributed by atoms with van der Waals surface area (Å²) in [5, 5.41) is 9.78. The summed E-state index contributed by atoms with van der Waals surface area (Å²) in [5.74, 6) is -1.31. The minimum atomic E-state index is -1.14. The number of likely N-dealkylation sites (tertiary alicyclic amines) is 1. The quantitative estimate of drug-likeness (QED) is 0.317. The number of rotatable bonds is 8. The van der Waals surface area contributed by atoms with Crippen LogP contribution in [0, 0.1) is 5.92 Å². The molecule has 8 heteroatoms. The molecule has 0 spiro atoms. The van der Waals surface area contributed by atoms with Crippen LogP contribution in [0.25, 0.3) is 0 Å². The van der Waals surface area contributed by atoms with Crippen LogP contribution in [-0.2, 0) is 27.5 Å². The topological polar surface area (TPSA) is 93.1 Å². The Morgan fingerprint density at radius 1 is 0.892 bits per heavy atom. The van der Waals surface area contributed by atoms with E-state index in [0.29, 0.717) is 47.6 Å². The van der Waals surface area contributed by atoms with E-state index >= 15 is 0 Å². The summed E-state index contributed by atoms with van der Waals surface area (Å²) in [6.45, 7) is 0.763. The van der Waals surface area contributed by atoms with Crippen LogP contribution in [0.4, 0.5) is 4.79 Å². The molecule has 37 heavy (non-hydrogen) atoms. The van der Waals surface area contributed by atoms with Gasteiger partial charge in [0.05, 0.1) is 12.5 Å². The highest BCUT2D eigenvalue weighted by Gasteiger charge is 2.33. The highest BCUT2D eigenvalue weighted by Crippen LogP contribution is 2.28. The maximum atomic E-state index is 13.3. The summed E-state index contributed by atoms with van der Waals surface area (Å²) in [6.07, 6.45) is -0.743. The number of amides is 1. The van der Waals surface area contributed by atoms with Crippen LogP contribution < -0.4 is 0 Å². The van der Waals surface area contributed by atoms with Crippen molar-refractivity contribution < 1.29 is 29.0 Å². The molecule has 1 N–H and O–H groups in total. The van der Waals surface area contributed by atoms with E-state index in [1.54, 1.807) is 53.4 Å². The van der Waals surface area contributed by atoms with Crippen molar-refractivity contribution in [2.45, 2.75) is 32.2 Å². The second-order valence-corrected chi connectivity index (χ2v) is 9.33. The standard InChI is InChI=1S/C29H28ClNO6/c30-25-12-10-23(11-13-25)27(26(33)22-8-6-20(18-32)7-9-22)37-28(34)24-14-16-31(17-15-24)29(35)36-19-21-4-2-1-3-5-21/h1-13,24,27,32H,14-19H2. The predicted molar refractivity (Wildman–Crippen MR) is 138 cm³/mol. The number of hydrogen-bond acceptors (Lipinski definition) is 6. The fourth-order valence-electron chi connectivity index (χ4n) is 4.16. The van der Waals surface area contributed by atoms with Crippen molar-refractivity contribution in [3.8, 4) is 0 Å². The maximum absolute atomic E-state index is 13.3. The number of carbonyl (C=O) groups excluding carboxylic acids is 3. The van der Waals surface area contributed by atoms with Crippen LogP contribution in [0.1, 0.15) is 46.0 Å². The molecule has 192 valence electrons. The largest absolute Gasteiger partial charge is 0.449 e. The third kappa shape index (κ3) is 6.96. The van der Waals surface area contributed by atoms with Crippen molar-refractivity contribution >= 4 is 29.4 Å². The Morgan fingerprint density at radius 2 is 1.54 bits per heavy atom. The molecule has 7 nitrogen and oxygen atoms in total. The maximum Gasteiger partial charge on any atom is 0.410 e. The SMILES string of the molecule is O=C(OC(C(=O)c1ccc(CO)cc1)c1ccc(Cl)cc1)C1CCN(C(=O)OCc2ccccc2)CC1. The minimum Gasteiger partial charge on any atom is -0.449 e. The third-order valence-corrected chi connectivity index (χ3v) is 6.61. The van der Waals surface area contributed by atoms with Gasteiger partial charge in [-0.3, -0.25) is 9.59 Å². The molecular weight excluding hydrogens is 494 g/mol. The number of esters is 1. The zero-order chi connectivity index (χ0) is 26.2. The molecule has 0 radical (unpaired) electrons. The van der Waals surface area contributed by atoms with Gasteiger partial charge < -0.3 is 19.5 Å². The van der Waals surface area contributed by atoms with Gasteiger partial charge in [0, 0.05) is 29.2 Å². The van der Waals surface area contributed by atoms with E-state index in [4.69, 9.17) is 21.1 Å². The van der Waals surface area contributed by atoms with E-state index in [1.807, 2.05) is 30.3 Å². The Kier molecular flexibility index (Phi) is 8.93. The molecule has 0 aliphatic carbocycles. The Hall–Kier alpha value is -3.68. The van der Waals surface area contributed by atoms with Gasteiger partial charge in [-0.25, -0.2) is 4.79 Å². The van der Waals surface area contributed by atoms with Gasteiger partial charge in [-0.05, 0) is 36.1 Å². The molecule has 0 saturated carbocycles. The molecule has 1 aliphatic heterocycles. The number of aliphatic hydroxyl groups is 1. The highest BCUT2D eigenvalue weighted by atomic mass is 35.5. The molecule has 0 bridgehead atoms. The zero-order valence-electron chi connectivity index (χ0n) is 20.2. The molecule has 1 saturated heterocycles. The summed E-state index contributed by atoms with van der Waals surface area (Å²) in [4.78, 5) is 40.5. The molecule has 1 fully saturated rings. The fraction of sp³-hybridized carbons (Fsp3) is 0.276. The third-order valence-electron chi connectivity index (χ3n) is 6.36. The average molecular weight is 522 g/mol. The van der Waals surface area contributed by atoms with Crippen LogP contribution in [0.5, 0.6) is 0 Å². The van der Waals surface area contributed by atoms with Crippen LogP contribution in [-0.4, -0.2) is 40.9 Å². The summed E-state index contributed by atoms with van der Waals surface area (Å²) >= 11 is 6.01. The first-order chi connectivity index (χ1) is 17.9. The van der Waals surface area contributed by atoms with E-state index in [2.05, 4.69) is 0 Å². The Labute approximate surface area is 220 Å². The van der Waals surface area contributed by atoms with Gasteiger partial charge in [0.1, 0.15) is 6.61 Å². The molecule has 1 amide bonds. The first-order valence-electron chi connectivity index (χ1n) is 12.1. The van der Waals surface area contributed by atoms with E-state index < -0.39 is 24.1 Å². The van der Waals surface area contributed by atoms with Gasteiger partial charge in [-0.1, -0.05) is 78.3 Å². The van der Waals surface area contributed by atoms with Crippen molar-refractivity contribution in [3.05, 3.63) is 106 Å². The van der Waals surface area contributed by atoms with Gasteiger partial charge in [-0.15, -0.1) is 0 Å². The number of benzene rings is 3. The lowest BCUT2D eigenvalue weighted by molar-refractivity contribution is -0.153. The number of halogens is 1. The van der Waals surface area contributed by atoms with Crippen LogP contribution in [0.2, 0.25) is 5.02 Å². The van der Waals surface area contributed by atoms with Gasteiger partial charge in [0.25, 0.3) is 0 Å². The van der Waals surface area contributed by atoms with E-state index in [0.717, 1.165) is 5.56 Å². The van der Waals surface area contributed by atoms with Crippen LogP contribution in [0.15, 0.2) is 78.9 Å². The summed E-state index contributed by atoms with van der Waals surface area (Å²) in [5.41, 5.74) is 2.45. The van der Waals surface area contributed by atoms with Crippen molar-refractivity contribution in [1.82, 2.24) is 4.90 Å². The molecule has 1 heterocycles. The summed E-state index contributed by atoms with van der Waals surface area (Å²) in [6, 6.07) is 22.5. The molecule has 1 atom stereocenters. The van der Waals surface area contributed by atoms with Crippen molar-refractivity contribution in [1.29, 1.82) is 0 Å². The first kappa shape index (κ1) is 26.4. The highest BCUT2D eigenvalue weighted by molar-refractivity contribution is 6.30. The Balaban J connectivity index is 1.38. The van der Waals surface area contributed by atoms with Gasteiger partial charge in [0.15, 0.2) is 6.10 Å². The number of hydrogen-bond donors (Lipinski definition) is 1. The molecule has 1 aliphatic rings.